The molecule has 2 amide bonds. The third-order valence-electron chi connectivity index (χ3n) is 8.07. The minimum Gasteiger partial charge on any atom is -0.468 e. The fourth-order valence-electron chi connectivity index (χ4n) is 5.79. The van der Waals surface area contributed by atoms with Crippen molar-refractivity contribution in [2.24, 2.45) is 16.7 Å². The smallest absolute Gasteiger partial charge is 0.320 e. The van der Waals surface area contributed by atoms with E-state index in [0.717, 1.165) is 19.3 Å². The lowest BCUT2D eigenvalue weighted by molar-refractivity contribution is -0.180. The number of piperidine rings is 1. The highest BCUT2D eigenvalue weighted by molar-refractivity contribution is 5.92. The zero-order chi connectivity index (χ0) is 28.9. The van der Waals surface area contributed by atoms with Gasteiger partial charge >= 0.3 is 5.97 Å². The number of benzene rings is 1. The Morgan fingerprint density at radius 3 is 2.52 bits per heavy atom. The van der Waals surface area contributed by atoms with Crippen molar-refractivity contribution in [2.75, 3.05) is 13.7 Å². The van der Waals surface area contributed by atoms with Crippen LogP contribution in [0.5, 0.6) is 0 Å². The van der Waals surface area contributed by atoms with Gasteiger partial charge in [-0.15, -0.1) is 0 Å². The van der Waals surface area contributed by atoms with Gasteiger partial charge in [0, 0.05) is 24.6 Å². The number of fused-ring (bicyclic) bond motifs is 1. The molecule has 0 radical (unpaired) electrons. The molecule has 1 fully saturated rings. The van der Waals surface area contributed by atoms with E-state index in [2.05, 4.69) is 38.2 Å². The predicted octanol–water partition coefficient (Wildman–Crippen LogP) is 5.03. The van der Waals surface area contributed by atoms with Gasteiger partial charge in [0.05, 0.1) is 32.1 Å². The molecule has 3 heterocycles. The zero-order valence-electron chi connectivity index (χ0n) is 24.3. The first-order valence-electron chi connectivity index (χ1n) is 14.2. The molecule has 0 aliphatic carbocycles. The summed E-state index contributed by atoms with van der Waals surface area (Å²) in [6, 6.07) is 13.8. The van der Waals surface area contributed by atoms with E-state index in [0.29, 0.717) is 18.0 Å². The number of hydrogen-bond donors (Lipinski definition) is 1. The molecule has 0 unspecified atom stereocenters. The molecular weight excluding hydrogens is 508 g/mol. The summed E-state index contributed by atoms with van der Waals surface area (Å²) >= 11 is 0. The lowest BCUT2D eigenvalue weighted by Gasteiger charge is -2.52. The number of carbonyl (C=O) groups excluding carboxylic acids is 3. The standard InChI is InChI=1S/C32H42N2O6/c1-22-32(30(37)38-5)20-24(18-28(35)33-16-10-9-14-23-12-7-6-8-13-23)29(36)34(21-25-15-11-17-39-25)26(32)19-27(40-22)31(2,3)4/h6-8,11-13,15,17,19,22,24,27H,9-10,14,16,18,20-21H2,1-5H3,(H,33,35)/t22-,24+,27-,32+/m1/s1. The van der Waals surface area contributed by atoms with Gasteiger partial charge in [0.25, 0.3) is 0 Å². The molecule has 1 aromatic carbocycles. The van der Waals surface area contributed by atoms with Crippen molar-refractivity contribution in [1.29, 1.82) is 0 Å². The van der Waals surface area contributed by atoms with Crippen LogP contribution in [0.25, 0.3) is 0 Å². The number of unbranched alkanes of at least 4 members (excludes halogenated alkanes) is 1. The van der Waals surface area contributed by atoms with E-state index in [4.69, 9.17) is 13.9 Å². The summed E-state index contributed by atoms with van der Waals surface area (Å²) < 4.78 is 17.3. The van der Waals surface area contributed by atoms with Gasteiger partial charge in [0.1, 0.15) is 11.2 Å². The van der Waals surface area contributed by atoms with Crippen molar-refractivity contribution in [1.82, 2.24) is 10.2 Å². The molecular formula is C32H42N2O6. The van der Waals surface area contributed by atoms with E-state index in [1.54, 1.807) is 23.3 Å². The van der Waals surface area contributed by atoms with E-state index >= 15 is 0 Å². The Morgan fingerprint density at radius 1 is 1.12 bits per heavy atom. The summed E-state index contributed by atoms with van der Waals surface area (Å²) in [4.78, 5) is 42.1. The van der Waals surface area contributed by atoms with Crippen LogP contribution in [0.3, 0.4) is 0 Å². The van der Waals surface area contributed by atoms with Crippen molar-refractivity contribution in [3.05, 3.63) is 71.8 Å². The Hall–Kier alpha value is -3.39. The Kier molecular flexibility index (Phi) is 9.19. The van der Waals surface area contributed by atoms with Crippen LogP contribution in [-0.4, -0.2) is 48.5 Å². The first-order valence-corrected chi connectivity index (χ1v) is 14.2. The number of carbonyl (C=O) groups is 3. The van der Waals surface area contributed by atoms with Crippen LogP contribution < -0.4 is 5.32 Å². The lowest BCUT2D eigenvalue weighted by Crippen LogP contribution is -2.60. The van der Waals surface area contributed by atoms with Gasteiger partial charge in [-0.2, -0.15) is 0 Å². The largest absolute Gasteiger partial charge is 0.468 e. The van der Waals surface area contributed by atoms with Gasteiger partial charge in [-0.3, -0.25) is 14.4 Å². The zero-order valence-corrected chi connectivity index (χ0v) is 24.3. The number of aryl methyl sites for hydroxylation is 1. The average Bonchev–Trinajstić information content (AvgIpc) is 3.44. The summed E-state index contributed by atoms with van der Waals surface area (Å²) in [5.41, 5.74) is 0.349. The van der Waals surface area contributed by atoms with Crippen LogP contribution in [0.15, 0.2) is 64.9 Å². The Bertz CT molecular complexity index is 1200. The molecule has 1 aromatic heterocycles. The molecule has 0 spiro atoms. The number of nitrogens with one attached hydrogen (secondary N) is 1. The number of nitrogens with zero attached hydrogens (tertiary/aromatic N) is 1. The highest BCUT2D eigenvalue weighted by Gasteiger charge is 2.60. The van der Waals surface area contributed by atoms with Gasteiger partial charge < -0.3 is 24.1 Å². The number of esters is 1. The summed E-state index contributed by atoms with van der Waals surface area (Å²) in [7, 11) is 1.35. The van der Waals surface area contributed by atoms with Crippen molar-refractivity contribution >= 4 is 17.8 Å². The molecule has 0 saturated carbocycles. The molecule has 2 aliphatic heterocycles. The van der Waals surface area contributed by atoms with Crippen LogP contribution in [0, 0.1) is 16.7 Å². The number of likely N-dealkylation sites (tertiary alicyclic amines) is 1. The fraction of sp³-hybridized carbons (Fsp3) is 0.531. The summed E-state index contributed by atoms with van der Waals surface area (Å²) in [5, 5.41) is 2.97. The van der Waals surface area contributed by atoms with E-state index < -0.39 is 23.4 Å². The number of ether oxygens (including phenoxy) is 2. The maximum Gasteiger partial charge on any atom is 0.320 e. The second-order valence-electron chi connectivity index (χ2n) is 12.0. The van der Waals surface area contributed by atoms with Crippen LogP contribution in [-0.2, 0) is 36.8 Å². The van der Waals surface area contributed by atoms with Crippen LogP contribution in [0.4, 0.5) is 0 Å². The lowest BCUT2D eigenvalue weighted by atomic mass is 9.65. The minimum atomic E-state index is -1.22. The third kappa shape index (κ3) is 6.33. The van der Waals surface area contributed by atoms with Crippen molar-refractivity contribution in [3.8, 4) is 0 Å². The van der Waals surface area contributed by atoms with Gasteiger partial charge in [-0.05, 0) is 61.8 Å². The quantitative estimate of drug-likeness (QED) is 0.329. The monoisotopic (exact) mass is 550 g/mol. The molecule has 2 aromatic rings. The molecule has 1 saturated heterocycles. The predicted molar refractivity (Wildman–Crippen MR) is 151 cm³/mol. The average molecular weight is 551 g/mol. The van der Waals surface area contributed by atoms with Gasteiger partial charge in [0.2, 0.25) is 11.8 Å². The number of amides is 2. The Balaban J connectivity index is 1.53. The first kappa shape index (κ1) is 29.6. The molecule has 0 bridgehead atoms. The Morgan fingerprint density at radius 2 is 1.88 bits per heavy atom. The topological polar surface area (TPSA) is 98.1 Å². The van der Waals surface area contributed by atoms with Crippen LogP contribution in [0.1, 0.15) is 64.7 Å². The second kappa shape index (κ2) is 12.4. The minimum absolute atomic E-state index is 0.0202. The molecule has 4 rings (SSSR count). The maximum absolute atomic E-state index is 14.0. The number of furan rings is 1. The van der Waals surface area contributed by atoms with Crippen molar-refractivity contribution in [2.45, 2.75) is 78.6 Å². The number of rotatable bonds is 10. The second-order valence-corrected chi connectivity index (χ2v) is 12.0. The molecule has 1 N–H and O–H groups in total. The SMILES string of the molecule is COC(=O)[C@]12C[C@H](CC(=O)NCCCCc3ccccc3)C(=O)N(Cc3ccco3)C1=C[C@H](C(C)(C)C)O[C@@H]2C. The molecule has 8 nitrogen and oxygen atoms in total. The maximum atomic E-state index is 14.0. The van der Waals surface area contributed by atoms with Crippen LogP contribution >= 0.6 is 0 Å². The fourth-order valence-corrected chi connectivity index (χ4v) is 5.79. The van der Waals surface area contributed by atoms with Crippen LogP contribution in [0.2, 0.25) is 0 Å². The summed E-state index contributed by atoms with van der Waals surface area (Å²) in [6.45, 7) is 8.71. The third-order valence-corrected chi connectivity index (χ3v) is 8.07. The molecule has 216 valence electrons. The summed E-state index contributed by atoms with van der Waals surface area (Å²) in [6.07, 6.45) is 5.41. The van der Waals surface area contributed by atoms with Gasteiger partial charge in [-0.25, -0.2) is 0 Å². The molecule has 40 heavy (non-hydrogen) atoms. The highest BCUT2D eigenvalue weighted by atomic mass is 16.5. The van der Waals surface area contributed by atoms with E-state index in [-0.39, 0.29) is 42.7 Å². The normalized spacial score (nSPS) is 24.7. The molecule has 4 atom stereocenters. The number of hydrogen-bond acceptors (Lipinski definition) is 6. The molecule has 2 aliphatic rings. The molecule has 8 heteroatoms. The van der Waals surface area contributed by atoms with Crippen molar-refractivity contribution in [3.63, 3.8) is 0 Å². The van der Waals surface area contributed by atoms with E-state index in [1.165, 1.54) is 12.7 Å². The number of methoxy groups -OCH3 is 1. The van der Waals surface area contributed by atoms with E-state index in [1.807, 2.05) is 31.2 Å². The van der Waals surface area contributed by atoms with Gasteiger partial charge in [-0.1, -0.05) is 51.1 Å². The van der Waals surface area contributed by atoms with Gasteiger partial charge in [0.15, 0.2) is 0 Å². The summed E-state index contributed by atoms with van der Waals surface area (Å²) in [5.74, 6) is -1.01. The first-order chi connectivity index (χ1) is 19.1. The van der Waals surface area contributed by atoms with Crippen molar-refractivity contribution < 1.29 is 28.3 Å². The van der Waals surface area contributed by atoms with E-state index in [9.17, 15) is 14.4 Å². The Labute approximate surface area is 237 Å². The highest BCUT2D eigenvalue weighted by Crippen LogP contribution is 2.52.